The highest BCUT2D eigenvalue weighted by Gasteiger charge is 2.15. The normalized spacial score (nSPS) is 10.8. The van der Waals surface area contributed by atoms with E-state index in [1.807, 2.05) is 12.1 Å². The number of halogens is 1. The van der Waals surface area contributed by atoms with Crippen LogP contribution in [0.4, 0.5) is 0 Å². The molecule has 4 heteroatoms. The van der Waals surface area contributed by atoms with Crippen molar-refractivity contribution in [3.63, 3.8) is 0 Å². The zero-order valence-electron chi connectivity index (χ0n) is 16.8. The summed E-state index contributed by atoms with van der Waals surface area (Å²) in [6, 6.07) is 29.8. The standard InChI is InChI=1S/C26H23N2O.BrH/c1-29-22-13-11-21(12-14-22)18-28-25-10-6-5-9-23(25)24-15-16-27(19-26(24)28)17-20-7-3-2-4-8-20;/h2-16,19H,17-18H2,1H3;1H/q+1;/p-1. The molecule has 0 aliphatic carbocycles. The Balaban J connectivity index is 0.00000218. The van der Waals surface area contributed by atoms with Gasteiger partial charge in [-0.05, 0) is 23.8 Å². The Labute approximate surface area is 186 Å². The summed E-state index contributed by atoms with van der Waals surface area (Å²) in [6.07, 6.45) is 4.45. The Kier molecular flexibility index (Phi) is 5.86. The molecule has 150 valence electrons. The van der Waals surface area contributed by atoms with Gasteiger partial charge in [-0.1, -0.05) is 60.7 Å². The van der Waals surface area contributed by atoms with Gasteiger partial charge in [0.2, 0.25) is 0 Å². The molecule has 5 aromatic rings. The van der Waals surface area contributed by atoms with E-state index in [0.29, 0.717) is 0 Å². The minimum Gasteiger partial charge on any atom is -1.00 e. The lowest BCUT2D eigenvalue weighted by molar-refractivity contribution is -0.687. The first-order chi connectivity index (χ1) is 14.3. The second-order valence-electron chi connectivity index (χ2n) is 7.35. The Hall–Kier alpha value is -3.11. The number of para-hydroxylation sites is 1. The molecule has 2 aromatic heterocycles. The van der Waals surface area contributed by atoms with E-state index < -0.39 is 0 Å². The van der Waals surface area contributed by atoms with Crippen LogP contribution >= 0.6 is 0 Å². The predicted octanol–water partition coefficient (Wildman–Crippen LogP) is 2.19. The molecule has 0 radical (unpaired) electrons. The molecule has 2 heterocycles. The Bertz CT molecular complexity index is 1280. The van der Waals surface area contributed by atoms with Gasteiger partial charge in [0.25, 0.3) is 0 Å². The number of aromatic nitrogens is 2. The largest absolute Gasteiger partial charge is 1.00 e. The van der Waals surface area contributed by atoms with Crippen LogP contribution in [0.25, 0.3) is 21.8 Å². The van der Waals surface area contributed by atoms with Gasteiger partial charge in [-0.25, -0.2) is 0 Å². The van der Waals surface area contributed by atoms with Crippen molar-refractivity contribution in [2.45, 2.75) is 13.1 Å². The van der Waals surface area contributed by atoms with E-state index in [9.17, 15) is 0 Å². The third kappa shape index (κ3) is 3.83. The van der Waals surface area contributed by atoms with E-state index in [1.165, 1.54) is 32.9 Å². The Morgan fingerprint density at radius 1 is 0.733 bits per heavy atom. The van der Waals surface area contributed by atoms with Gasteiger partial charge in [0, 0.05) is 34.5 Å². The second-order valence-corrected chi connectivity index (χ2v) is 7.35. The molecule has 0 bridgehead atoms. The van der Waals surface area contributed by atoms with Gasteiger partial charge >= 0.3 is 0 Å². The van der Waals surface area contributed by atoms with Crippen LogP contribution in [-0.4, -0.2) is 11.7 Å². The molecular formula is C26H23BrN2O. The summed E-state index contributed by atoms with van der Waals surface area (Å²) in [6.45, 7) is 1.68. The summed E-state index contributed by atoms with van der Waals surface area (Å²) in [7, 11) is 1.70. The maximum Gasteiger partial charge on any atom is 0.193 e. The van der Waals surface area contributed by atoms with Crippen molar-refractivity contribution in [1.82, 2.24) is 4.57 Å². The summed E-state index contributed by atoms with van der Waals surface area (Å²) < 4.78 is 9.98. The van der Waals surface area contributed by atoms with Crippen molar-refractivity contribution < 1.29 is 26.3 Å². The molecule has 0 aliphatic rings. The smallest absolute Gasteiger partial charge is 0.193 e. The third-order valence-corrected chi connectivity index (χ3v) is 5.48. The molecule has 0 amide bonds. The van der Waals surface area contributed by atoms with E-state index in [2.05, 4.69) is 94.3 Å². The zero-order valence-corrected chi connectivity index (χ0v) is 18.4. The number of nitrogens with zero attached hydrogens (tertiary/aromatic N) is 2. The topological polar surface area (TPSA) is 18.0 Å². The average Bonchev–Trinajstić information content (AvgIpc) is 3.08. The van der Waals surface area contributed by atoms with Crippen molar-refractivity contribution >= 4 is 21.8 Å². The lowest BCUT2D eigenvalue weighted by Gasteiger charge is -2.08. The molecule has 0 unspecified atom stereocenters. The fourth-order valence-electron chi connectivity index (χ4n) is 4.01. The summed E-state index contributed by atoms with van der Waals surface area (Å²) in [5, 5.41) is 2.58. The molecule has 0 aliphatic heterocycles. The third-order valence-electron chi connectivity index (χ3n) is 5.48. The molecule has 30 heavy (non-hydrogen) atoms. The second kappa shape index (κ2) is 8.72. The fourth-order valence-corrected chi connectivity index (χ4v) is 4.01. The summed E-state index contributed by atoms with van der Waals surface area (Å²) in [5.74, 6) is 0.886. The summed E-state index contributed by atoms with van der Waals surface area (Å²) in [5.41, 5.74) is 5.07. The number of hydrogen-bond donors (Lipinski definition) is 0. The first-order valence-corrected chi connectivity index (χ1v) is 9.89. The van der Waals surface area contributed by atoms with E-state index in [1.54, 1.807) is 7.11 Å². The van der Waals surface area contributed by atoms with Gasteiger partial charge in [0.15, 0.2) is 18.9 Å². The first kappa shape index (κ1) is 20.2. The quantitative estimate of drug-likeness (QED) is 0.369. The highest BCUT2D eigenvalue weighted by atomic mass is 79.9. The molecule has 0 atom stereocenters. The van der Waals surface area contributed by atoms with Crippen LogP contribution in [0.1, 0.15) is 11.1 Å². The van der Waals surface area contributed by atoms with Crippen LogP contribution < -0.4 is 26.3 Å². The van der Waals surface area contributed by atoms with Crippen molar-refractivity contribution in [1.29, 1.82) is 0 Å². The molecule has 5 rings (SSSR count). The number of pyridine rings is 1. The van der Waals surface area contributed by atoms with Gasteiger partial charge < -0.3 is 26.3 Å². The van der Waals surface area contributed by atoms with E-state index in [4.69, 9.17) is 4.74 Å². The SMILES string of the molecule is COc1ccc(Cn2c3ccccc3c3cc[n+](Cc4ccccc4)cc32)cc1.[Br-]. The minimum absolute atomic E-state index is 0. The first-order valence-electron chi connectivity index (χ1n) is 9.89. The number of ether oxygens (including phenoxy) is 1. The highest BCUT2D eigenvalue weighted by Crippen LogP contribution is 2.29. The molecule has 0 spiro atoms. The van der Waals surface area contributed by atoms with Crippen LogP contribution in [-0.2, 0) is 13.1 Å². The van der Waals surface area contributed by atoms with E-state index >= 15 is 0 Å². The van der Waals surface area contributed by atoms with Gasteiger partial charge in [0.05, 0.1) is 7.11 Å². The number of benzene rings is 3. The van der Waals surface area contributed by atoms with Crippen molar-refractivity contribution in [3.8, 4) is 5.75 Å². The van der Waals surface area contributed by atoms with E-state index in [-0.39, 0.29) is 17.0 Å². The lowest BCUT2D eigenvalue weighted by Crippen LogP contribution is -3.00. The number of hydrogen-bond acceptors (Lipinski definition) is 1. The highest BCUT2D eigenvalue weighted by molar-refractivity contribution is 6.07. The fraction of sp³-hybridized carbons (Fsp3) is 0.115. The van der Waals surface area contributed by atoms with Gasteiger partial charge in [0.1, 0.15) is 11.3 Å². The van der Waals surface area contributed by atoms with Crippen LogP contribution in [0.3, 0.4) is 0 Å². The van der Waals surface area contributed by atoms with Crippen LogP contribution in [0.2, 0.25) is 0 Å². The Morgan fingerprint density at radius 2 is 1.43 bits per heavy atom. The molecule has 0 fully saturated rings. The van der Waals surface area contributed by atoms with Gasteiger partial charge in [-0.2, -0.15) is 4.57 Å². The van der Waals surface area contributed by atoms with Gasteiger partial charge in [-0.15, -0.1) is 0 Å². The van der Waals surface area contributed by atoms with Crippen LogP contribution in [0, 0.1) is 0 Å². The van der Waals surface area contributed by atoms with Crippen LogP contribution in [0.15, 0.2) is 97.3 Å². The maximum atomic E-state index is 5.31. The molecular weight excluding hydrogens is 436 g/mol. The maximum absolute atomic E-state index is 5.31. The molecule has 3 aromatic carbocycles. The number of methoxy groups -OCH3 is 1. The van der Waals surface area contributed by atoms with Crippen molar-refractivity contribution in [2.24, 2.45) is 0 Å². The summed E-state index contributed by atoms with van der Waals surface area (Å²) >= 11 is 0. The Morgan fingerprint density at radius 3 is 2.20 bits per heavy atom. The summed E-state index contributed by atoms with van der Waals surface area (Å²) in [4.78, 5) is 0. The molecule has 0 N–H and O–H groups in total. The van der Waals surface area contributed by atoms with Gasteiger partial charge in [-0.3, -0.25) is 0 Å². The average molecular weight is 459 g/mol. The molecule has 0 saturated carbocycles. The van der Waals surface area contributed by atoms with Crippen molar-refractivity contribution in [3.05, 3.63) is 108 Å². The number of fused-ring (bicyclic) bond motifs is 3. The lowest BCUT2D eigenvalue weighted by atomic mass is 10.2. The predicted molar refractivity (Wildman–Crippen MR) is 117 cm³/mol. The van der Waals surface area contributed by atoms with Crippen molar-refractivity contribution in [2.75, 3.05) is 7.11 Å². The van der Waals surface area contributed by atoms with Crippen LogP contribution in [0.5, 0.6) is 5.75 Å². The molecule has 0 saturated heterocycles. The van der Waals surface area contributed by atoms with E-state index in [0.717, 1.165) is 18.8 Å². The minimum atomic E-state index is 0. The molecule has 3 nitrogen and oxygen atoms in total. The monoisotopic (exact) mass is 458 g/mol. The zero-order chi connectivity index (χ0) is 19.6. The number of rotatable bonds is 5.